The Balaban J connectivity index is 1.93. The van der Waals surface area contributed by atoms with Crippen molar-refractivity contribution < 1.29 is 19.1 Å². The van der Waals surface area contributed by atoms with Crippen LogP contribution in [0.2, 0.25) is 5.02 Å². The van der Waals surface area contributed by atoms with Crippen molar-refractivity contribution in [3.05, 3.63) is 58.6 Å². The Bertz CT molecular complexity index is 813. The van der Waals surface area contributed by atoms with E-state index in [-0.39, 0.29) is 6.61 Å². The second-order valence-corrected chi connectivity index (χ2v) is 5.32. The first kappa shape index (κ1) is 18.3. The zero-order valence-electron chi connectivity index (χ0n) is 13.4. The highest BCUT2D eigenvalue weighted by Crippen LogP contribution is 2.20. The number of anilines is 1. The van der Waals surface area contributed by atoms with Crippen molar-refractivity contribution in [2.75, 3.05) is 18.5 Å². The molecule has 0 saturated carbocycles. The second-order valence-electron chi connectivity index (χ2n) is 4.88. The molecule has 0 aromatic heterocycles. The normalized spacial score (nSPS) is 9.80. The molecule has 128 valence electrons. The number of hydrogen-bond acceptors (Lipinski definition) is 5. The van der Waals surface area contributed by atoms with E-state index in [1.165, 1.54) is 12.1 Å². The summed E-state index contributed by atoms with van der Waals surface area (Å²) >= 11 is 5.86. The Morgan fingerprint density at radius 2 is 1.92 bits per heavy atom. The molecule has 0 heterocycles. The maximum atomic E-state index is 12.0. The second kappa shape index (κ2) is 8.71. The minimum absolute atomic E-state index is 0.254. The lowest BCUT2D eigenvalue weighted by molar-refractivity contribution is -0.118. The molecule has 0 fully saturated rings. The SMILES string of the molecule is CCOC(=O)c1ccc(OCC(=O)Nc2cc(Cl)ccc2C#N)cc1. The molecule has 0 saturated heterocycles. The van der Waals surface area contributed by atoms with Crippen LogP contribution in [0.25, 0.3) is 0 Å². The molecule has 0 aliphatic heterocycles. The fourth-order valence-corrected chi connectivity index (χ4v) is 2.13. The van der Waals surface area contributed by atoms with Gasteiger partial charge in [-0.2, -0.15) is 5.26 Å². The molecule has 2 rings (SSSR count). The number of rotatable bonds is 6. The van der Waals surface area contributed by atoms with E-state index in [9.17, 15) is 9.59 Å². The van der Waals surface area contributed by atoms with Gasteiger partial charge in [0.2, 0.25) is 0 Å². The summed E-state index contributed by atoms with van der Waals surface area (Å²) in [5, 5.41) is 12.0. The molecule has 1 amide bonds. The Hall–Kier alpha value is -3.04. The highest BCUT2D eigenvalue weighted by Gasteiger charge is 2.10. The van der Waals surface area contributed by atoms with E-state index >= 15 is 0 Å². The Morgan fingerprint density at radius 3 is 2.56 bits per heavy atom. The first-order valence-electron chi connectivity index (χ1n) is 7.43. The van der Waals surface area contributed by atoms with Gasteiger partial charge in [0, 0.05) is 5.02 Å². The van der Waals surface area contributed by atoms with Gasteiger partial charge in [-0.25, -0.2) is 4.79 Å². The van der Waals surface area contributed by atoms with Crippen molar-refractivity contribution in [1.29, 1.82) is 5.26 Å². The zero-order chi connectivity index (χ0) is 18.2. The Kier molecular flexibility index (Phi) is 6.38. The minimum Gasteiger partial charge on any atom is -0.484 e. The van der Waals surface area contributed by atoms with Crippen LogP contribution in [0.5, 0.6) is 5.75 Å². The third-order valence-corrected chi connectivity index (χ3v) is 3.35. The van der Waals surface area contributed by atoms with Gasteiger partial charge >= 0.3 is 5.97 Å². The van der Waals surface area contributed by atoms with Crippen LogP contribution in [0.1, 0.15) is 22.8 Å². The fourth-order valence-electron chi connectivity index (χ4n) is 1.95. The lowest BCUT2D eigenvalue weighted by Gasteiger charge is -2.09. The summed E-state index contributed by atoms with van der Waals surface area (Å²) in [5.74, 6) is -0.431. The molecule has 6 nitrogen and oxygen atoms in total. The maximum Gasteiger partial charge on any atom is 0.338 e. The molecule has 1 N–H and O–H groups in total. The van der Waals surface area contributed by atoms with E-state index in [0.29, 0.717) is 34.2 Å². The Labute approximate surface area is 149 Å². The molecule has 2 aromatic rings. The molecule has 0 aliphatic rings. The summed E-state index contributed by atoms with van der Waals surface area (Å²) in [6, 6.07) is 12.8. The lowest BCUT2D eigenvalue weighted by Crippen LogP contribution is -2.20. The number of ether oxygens (including phenoxy) is 2. The van der Waals surface area contributed by atoms with Crippen molar-refractivity contribution in [2.24, 2.45) is 0 Å². The van der Waals surface area contributed by atoms with E-state index < -0.39 is 11.9 Å². The molecule has 2 aromatic carbocycles. The van der Waals surface area contributed by atoms with Gasteiger partial charge in [-0.1, -0.05) is 11.6 Å². The van der Waals surface area contributed by atoms with Crippen molar-refractivity contribution in [3.63, 3.8) is 0 Å². The molecule has 0 atom stereocenters. The van der Waals surface area contributed by atoms with Crippen molar-refractivity contribution in [1.82, 2.24) is 0 Å². The van der Waals surface area contributed by atoms with Gasteiger partial charge in [-0.05, 0) is 49.4 Å². The van der Waals surface area contributed by atoms with Gasteiger partial charge in [0.1, 0.15) is 11.8 Å². The molecule has 7 heteroatoms. The number of halogens is 1. The summed E-state index contributed by atoms with van der Waals surface area (Å²) in [5.41, 5.74) is 1.02. The number of esters is 1. The largest absolute Gasteiger partial charge is 0.484 e. The zero-order valence-corrected chi connectivity index (χ0v) is 14.2. The molecular weight excluding hydrogens is 344 g/mol. The number of hydrogen-bond donors (Lipinski definition) is 1. The smallest absolute Gasteiger partial charge is 0.338 e. The third kappa shape index (κ3) is 5.23. The van der Waals surface area contributed by atoms with Crippen LogP contribution in [0, 0.1) is 11.3 Å². The fraction of sp³-hybridized carbons (Fsp3) is 0.167. The average molecular weight is 359 g/mol. The molecule has 25 heavy (non-hydrogen) atoms. The molecule has 0 radical (unpaired) electrons. The summed E-state index contributed by atoms with van der Waals surface area (Å²) in [7, 11) is 0. The molecule has 0 aliphatic carbocycles. The predicted octanol–water partition coefficient (Wildman–Crippen LogP) is 3.41. The van der Waals surface area contributed by atoms with Gasteiger partial charge in [-0.15, -0.1) is 0 Å². The first-order valence-corrected chi connectivity index (χ1v) is 7.80. The number of nitriles is 1. The van der Waals surface area contributed by atoms with Gasteiger partial charge in [0.05, 0.1) is 23.4 Å². The standard InChI is InChI=1S/C18H15ClN2O4/c1-2-24-18(23)12-4-7-15(8-5-12)25-11-17(22)21-16-9-14(19)6-3-13(16)10-20/h3-9H,2,11H2,1H3,(H,21,22). The van der Waals surface area contributed by atoms with Crippen LogP contribution in [-0.2, 0) is 9.53 Å². The summed E-state index contributed by atoms with van der Waals surface area (Å²) in [6.07, 6.45) is 0. The quantitative estimate of drug-likeness (QED) is 0.799. The monoisotopic (exact) mass is 358 g/mol. The van der Waals surface area contributed by atoms with Gasteiger partial charge < -0.3 is 14.8 Å². The molecule has 0 unspecified atom stereocenters. The van der Waals surface area contributed by atoms with E-state index in [1.54, 1.807) is 37.3 Å². The first-order chi connectivity index (χ1) is 12.0. The number of nitrogens with one attached hydrogen (secondary N) is 1. The lowest BCUT2D eigenvalue weighted by atomic mass is 10.2. The number of amides is 1. The summed E-state index contributed by atoms with van der Waals surface area (Å²) in [6.45, 7) is 1.77. The van der Waals surface area contributed by atoms with Crippen LogP contribution < -0.4 is 10.1 Å². The molecule has 0 spiro atoms. The van der Waals surface area contributed by atoms with E-state index in [1.807, 2.05) is 6.07 Å². The molecular formula is C18H15ClN2O4. The third-order valence-electron chi connectivity index (χ3n) is 3.11. The summed E-state index contributed by atoms with van der Waals surface area (Å²) in [4.78, 5) is 23.5. The van der Waals surface area contributed by atoms with Crippen molar-refractivity contribution in [3.8, 4) is 11.8 Å². The van der Waals surface area contributed by atoms with Gasteiger partial charge in [0.25, 0.3) is 5.91 Å². The van der Waals surface area contributed by atoms with E-state index in [2.05, 4.69) is 5.32 Å². The number of benzene rings is 2. The minimum atomic E-state index is -0.437. The highest BCUT2D eigenvalue weighted by molar-refractivity contribution is 6.31. The van der Waals surface area contributed by atoms with Crippen LogP contribution in [0.4, 0.5) is 5.69 Å². The van der Waals surface area contributed by atoms with Crippen LogP contribution in [-0.4, -0.2) is 25.1 Å². The Morgan fingerprint density at radius 1 is 1.20 bits per heavy atom. The number of carbonyl (C=O) groups excluding carboxylic acids is 2. The highest BCUT2D eigenvalue weighted by atomic mass is 35.5. The summed E-state index contributed by atoms with van der Waals surface area (Å²) < 4.78 is 10.2. The van der Waals surface area contributed by atoms with Gasteiger partial charge in [-0.3, -0.25) is 4.79 Å². The van der Waals surface area contributed by atoms with Crippen LogP contribution in [0.3, 0.4) is 0 Å². The molecule has 0 bridgehead atoms. The van der Waals surface area contributed by atoms with Gasteiger partial charge in [0.15, 0.2) is 6.61 Å². The van der Waals surface area contributed by atoms with E-state index in [4.69, 9.17) is 26.3 Å². The average Bonchev–Trinajstić information content (AvgIpc) is 2.61. The topological polar surface area (TPSA) is 88.4 Å². The maximum absolute atomic E-state index is 12.0. The van der Waals surface area contributed by atoms with E-state index in [0.717, 1.165) is 0 Å². The van der Waals surface area contributed by atoms with Crippen molar-refractivity contribution >= 4 is 29.2 Å². The van der Waals surface area contributed by atoms with Crippen LogP contribution >= 0.6 is 11.6 Å². The van der Waals surface area contributed by atoms with Crippen molar-refractivity contribution in [2.45, 2.75) is 6.92 Å². The number of nitrogens with zero attached hydrogens (tertiary/aromatic N) is 1. The number of carbonyl (C=O) groups is 2. The van der Waals surface area contributed by atoms with Crippen LogP contribution in [0.15, 0.2) is 42.5 Å². The predicted molar refractivity (Wildman–Crippen MR) is 92.7 cm³/mol.